The summed E-state index contributed by atoms with van der Waals surface area (Å²) < 4.78 is 78.7. The number of unbranched alkanes of at least 4 members (excludes halogenated alkanes) is 2. The molecule has 0 saturated heterocycles. The Labute approximate surface area is 218 Å². The lowest BCUT2D eigenvalue weighted by molar-refractivity contribution is -0.161. The number of carbonyl (C=O) groups excluding carboxylic acids is 1. The van der Waals surface area contributed by atoms with Gasteiger partial charge in [-0.3, -0.25) is 3.63 Å². The van der Waals surface area contributed by atoms with E-state index in [1.807, 2.05) is 0 Å². The smallest absolute Gasteiger partial charge is 0.460 e. The Bertz CT molecular complexity index is 1200. The summed E-state index contributed by atoms with van der Waals surface area (Å²) in [4.78, 5) is 13.0. The Morgan fingerprint density at radius 1 is 0.806 bits per heavy atom. The van der Waals surface area contributed by atoms with Gasteiger partial charge in [0.2, 0.25) is 0 Å². The van der Waals surface area contributed by atoms with E-state index in [2.05, 4.69) is 24.3 Å². The minimum absolute atomic E-state index is 0.198. The minimum Gasteiger partial charge on any atom is -0.460 e. The topological polar surface area (TPSA) is 73.2 Å². The number of rotatable bonds is 12. The number of esters is 1. The fourth-order valence-corrected chi connectivity index (χ4v) is 9.02. The molecule has 0 atom stereocenters. The van der Waals surface area contributed by atoms with Crippen molar-refractivity contribution in [3.63, 3.8) is 0 Å². The molecule has 0 amide bonds. The highest BCUT2D eigenvalue weighted by Gasteiger charge is 2.63. The minimum atomic E-state index is -5.77. The first-order valence-corrected chi connectivity index (χ1v) is 15.1. The van der Waals surface area contributed by atoms with Gasteiger partial charge in [0.05, 0.1) is 31.6 Å². The summed E-state index contributed by atoms with van der Waals surface area (Å²) in [6, 6.07) is 20.9. The van der Waals surface area contributed by atoms with Crippen LogP contribution in [-0.2, 0) is 19.6 Å². The fourth-order valence-electron chi connectivity index (χ4n) is 3.33. The summed E-state index contributed by atoms with van der Waals surface area (Å²) in [7, 11) is -9.04. The molecule has 36 heavy (non-hydrogen) atoms. The van der Waals surface area contributed by atoms with E-state index in [1.54, 1.807) is 60.7 Å². The number of ether oxygens (including phenoxy) is 1. The molecule has 0 fully saturated rings. The molecular formula is C25H25BrF3O5S2+. The Balaban J connectivity index is 2.10. The largest absolute Gasteiger partial charge is 0.514 e. The van der Waals surface area contributed by atoms with Crippen molar-refractivity contribution in [1.82, 2.24) is 0 Å². The predicted molar refractivity (Wildman–Crippen MR) is 137 cm³/mol. The maximum Gasteiger partial charge on any atom is 0.514 e. The van der Waals surface area contributed by atoms with Crippen LogP contribution in [0, 0.1) is 5.82 Å². The summed E-state index contributed by atoms with van der Waals surface area (Å²) >= 11 is 3.24. The van der Waals surface area contributed by atoms with Gasteiger partial charge in [-0.15, -0.1) is 8.42 Å². The summed E-state index contributed by atoms with van der Waals surface area (Å²) in [6.45, 7) is -0.343. The van der Waals surface area contributed by atoms with Crippen LogP contribution in [0.5, 0.6) is 0 Å². The molecule has 194 valence electrons. The first-order chi connectivity index (χ1) is 17.1. The molecule has 1 N–H and O–H groups in total. The van der Waals surface area contributed by atoms with Crippen molar-refractivity contribution in [2.45, 2.75) is 39.2 Å². The number of halogens is 4. The molecule has 3 aromatic rings. The van der Waals surface area contributed by atoms with Crippen LogP contribution in [0.2, 0.25) is 0 Å². The van der Waals surface area contributed by atoms with Crippen LogP contribution in [0.3, 0.4) is 0 Å². The fraction of sp³-hybridized carbons (Fsp3) is 0.240. The molecule has 0 bridgehead atoms. The monoisotopic (exact) mass is 605 g/mol. The number of carbonyl (C=O) groups is 1. The molecule has 0 aromatic heterocycles. The second-order valence-corrected chi connectivity index (χ2v) is 13.0. The zero-order valence-electron chi connectivity index (χ0n) is 19.0. The first kappa shape index (κ1) is 28.2. The molecular weight excluding hydrogens is 581 g/mol. The van der Waals surface area contributed by atoms with Crippen LogP contribution < -0.4 is 0 Å². The van der Waals surface area contributed by atoms with E-state index in [-0.39, 0.29) is 11.5 Å². The third kappa shape index (κ3) is 6.13. The van der Waals surface area contributed by atoms with Crippen molar-refractivity contribution in [3.05, 3.63) is 90.7 Å². The van der Waals surface area contributed by atoms with Gasteiger partial charge >= 0.3 is 21.3 Å². The van der Waals surface area contributed by atoms with Crippen LogP contribution in [0.4, 0.5) is 13.2 Å². The molecule has 0 spiro atoms. The number of benzene rings is 3. The highest BCUT2D eigenvalue weighted by atomic mass is 79.9. The zero-order chi connectivity index (χ0) is 26.2. The Hall–Kier alpha value is -2.34. The molecule has 0 saturated carbocycles. The summed E-state index contributed by atoms with van der Waals surface area (Å²) in [5.74, 6) is -2.77. The lowest BCUT2D eigenvalue weighted by Gasteiger charge is -2.35. The third-order valence-electron chi connectivity index (χ3n) is 5.11. The molecule has 0 radical (unpaired) electrons. The highest BCUT2D eigenvalue weighted by Crippen LogP contribution is 2.68. The molecule has 0 aliphatic rings. The lowest BCUT2D eigenvalue weighted by atomic mass is 10.3. The normalized spacial score (nSPS) is 12.8. The second-order valence-electron chi connectivity index (χ2n) is 7.61. The van der Waals surface area contributed by atoms with Gasteiger partial charge in [-0.1, -0.05) is 52.3 Å². The van der Waals surface area contributed by atoms with Crippen LogP contribution in [0.25, 0.3) is 0 Å². The van der Waals surface area contributed by atoms with Crippen LogP contribution in [-0.4, -0.2) is 35.2 Å². The van der Waals surface area contributed by atoms with Crippen molar-refractivity contribution in [3.8, 4) is 0 Å². The average molecular weight is 607 g/mol. The molecule has 0 aliphatic heterocycles. The zero-order valence-corrected chi connectivity index (χ0v) is 22.2. The SMILES string of the molecule is O=C(OCCCCCBr)C(F)(F)S(=O)(=O)[OH+]S(c1ccccc1)(c1ccccc1)c1ccc(F)cc1. The van der Waals surface area contributed by atoms with Crippen molar-refractivity contribution < 1.29 is 34.7 Å². The first-order valence-electron chi connectivity index (χ1n) is 10.9. The molecule has 0 heterocycles. The molecule has 5 nitrogen and oxygen atoms in total. The maximum atomic E-state index is 15.1. The van der Waals surface area contributed by atoms with Crippen molar-refractivity contribution in [1.29, 1.82) is 0 Å². The quantitative estimate of drug-likeness (QED) is 0.0722. The van der Waals surface area contributed by atoms with E-state index in [1.165, 1.54) is 12.1 Å². The van der Waals surface area contributed by atoms with Gasteiger partial charge in [0, 0.05) is 5.33 Å². The van der Waals surface area contributed by atoms with Gasteiger partial charge in [-0.2, -0.15) is 8.78 Å². The van der Waals surface area contributed by atoms with Gasteiger partial charge in [0.25, 0.3) is 0 Å². The molecule has 0 unspecified atom stereocenters. The van der Waals surface area contributed by atoms with E-state index < -0.39 is 37.5 Å². The van der Waals surface area contributed by atoms with Gasteiger partial charge in [-0.25, -0.2) is 9.18 Å². The van der Waals surface area contributed by atoms with Gasteiger partial charge in [-0.05, 0) is 67.8 Å². The van der Waals surface area contributed by atoms with Crippen molar-refractivity contribution in [2.24, 2.45) is 0 Å². The standard InChI is InChI=1S/C25H24BrF3O5S2/c26-18-8-3-9-19-33-24(30)25(28,29)36(31,32)34-35(21-10-4-1-5-11-21,22-12-6-2-7-13-22)23-16-14-20(27)15-17-23/h1-2,4-7,10-17H,3,8-9,18-19H2/p+1. The summed E-state index contributed by atoms with van der Waals surface area (Å²) in [6.07, 6.45) is 1.67. The van der Waals surface area contributed by atoms with Crippen molar-refractivity contribution in [2.75, 3.05) is 11.9 Å². The lowest BCUT2D eigenvalue weighted by Crippen LogP contribution is -2.42. The Morgan fingerprint density at radius 2 is 1.31 bits per heavy atom. The van der Waals surface area contributed by atoms with Crippen LogP contribution in [0.1, 0.15) is 19.3 Å². The van der Waals surface area contributed by atoms with E-state index in [9.17, 15) is 17.6 Å². The van der Waals surface area contributed by atoms with Crippen molar-refractivity contribution >= 4 is 42.3 Å². The maximum absolute atomic E-state index is 15.1. The van der Waals surface area contributed by atoms with E-state index in [0.29, 0.717) is 28.0 Å². The summed E-state index contributed by atoms with van der Waals surface area (Å²) in [5, 5.41) is -4.22. The molecule has 3 aromatic carbocycles. The second kappa shape index (κ2) is 12.3. The number of alkyl halides is 3. The predicted octanol–water partition coefficient (Wildman–Crippen LogP) is 7.15. The van der Waals surface area contributed by atoms with Crippen LogP contribution >= 0.6 is 26.2 Å². The van der Waals surface area contributed by atoms with E-state index in [4.69, 9.17) is 0 Å². The molecule has 11 heteroatoms. The van der Waals surface area contributed by atoms with E-state index >= 15 is 8.78 Å². The van der Waals surface area contributed by atoms with Gasteiger partial charge < -0.3 is 4.74 Å². The number of hydrogen-bond donors (Lipinski definition) is 0. The van der Waals surface area contributed by atoms with Gasteiger partial charge in [0.15, 0.2) is 0 Å². The Kier molecular flexibility index (Phi) is 9.62. The molecule has 3 rings (SSSR count). The number of hydrogen-bond acceptors (Lipinski definition) is 4. The average Bonchev–Trinajstić information content (AvgIpc) is 2.88. The van der Waals surface area contributed by atoms with Crippen LogP contribution in [0.15, 0.2) is 99.6 Å². The van der Waals surface area contributed by atoms with E-state index in [0.717, 1.165) is 18.6 Å². The summed E-state index contributed by atoms with van der Waals surface area (Å²) in [5.41, 5.74) is 0. The Morgan fingerprint density at radius 3 is 1.81 bits per heavy atom. The van der Waals surface area contributed by atoms with Gasteiger partial charge in [0.1, 0.15) is 5.82 Å². The third-order valence-corrected chi connectivity index (χ3v) is 11.0. The molecule has 0 aliphatic carbocycles. The highest BCUT2D eigenvalue weighted by molar-refractivity contribution is 9.09.